The molecule has 2 fully saturated rings. The number of likely N-dealkylation sites (tertiary alicyclic amines) is 1. The minimum absolute atomic E-state index is 0.263. The highest BCUT2D eigenvalue weighted by atomic mass is 16.5. The van der Waals surface area contributed by atoms with E-state index in [-0.39, 0.29) is 12.0 Å². The molecule has 2 N–H and O–H groups in total. The Balaban J connectivity index is 1.43. The van der Waals surface area contributed by atoms with Crippen LogP contribution in [-0.2, 0) is 4.79 Å². The molecule has 6 nitrogen and oxygen atoms in total. The summed E-state index contributed by atoms with van der Waals surface area (Å²) in [6, 6.07) is 8.32. The Labute approximate surface area is 168 Å². The quantitative estimate of drug-likeness (QED) is 0.430. The Morgan fingerprint density at radius 3 is 2.68 bits per heavy atom. The fourth-order valence-corrected chi connectivity index (χ4v) is 3.98. The summed E-state index contributed by atoms with van der Waals surface area (Å²) in [6.45, 7) is 7.68. The number of aliphatic imine (C=N–C) groups is 1. The van der Waals surface area contributed by atoms with E-state index in [1.165, 1.54) is 18.4 Å². The first-order valence-electron chi connectivity index (χ1n) is 10.7. The number of carbonyl (C=O) groups is 1. The number of hydrogen-bond acceptors (Lipinski definition) is 3. The Bertz CT molecular complexity index is 653. The Morgan fingerprint density at radius 2 is 1.96 bits per heavy atom. The van der Waals surface area contributed by atoms with Crippen LogP contribution in [-0.4, -0.2) is 55.6 Å². The van der Waals surface area contributed by atoms with E-state index in [1.807, 2.05) is 29.2 Å². The van der Waals surface area contributed by atoms with Gasteiger partial charge in [-0.1, -0.05) is 30.5 Å². The van der Waals surface area contributed by atoms with Crippen LogP contribution in [0.25, 0.3) is 0 Å². The van der Waals surface area contributed by atoms with Crippen molar-refractivity contribution in [2.24, 2.45) is 10.9 Å². The predicted molar refractivity (Wildman–Crippen MR) is 113 cm³/mol. The topological polar surface area (TPSA) is 66.0 Å². The van der Waals surface area contributed by atoms with Crippen molar-refractivity contribution in [1.29, 1.82) is 0 Å². The summed E-state index contributed by atoms with van der Waals surface area (Å²) in [6.07, 6.45) is 5.52. The van der Waals surface area contributed by atoms with Gasteiger partial charge in [-0.2, -0.15) is 0 Å². The smallest absolute Gasteiger partial charge is 0.225 e. The monoisotopic (exact) mass is 386 g/mol. The van der Waals surface area contributed by atoms with Crippen LogP contribution in [0.5, 0.6) is 5.75 Å². The summed E-state index contributed by atoms with van der Waals surface area (Å²) in [5.41, 5.74) is 1.22. The van der Waals surface area contributed by atoms with Gasteiger partial charge in [-0.3, -0.25) is 4.79 Å². The van der Waals surface area contributed by atoms with E-state index in [0.717, 1.165) is 50.6 Å². The summed E-state index contributed by atoms with van der Waals surface area (Å²) in [5.74, 6) is 2.29. The van der Waals surface area contributed by atoms with E-state index < -0.39 is 0 Å². The van der Waals surface area contributed by atoms with Crippen molar-refractivity contribution in [3.63, 3.8) is 0 Å². The minimum atomic E-state index is 0.263. The van der Waals surface area contributed by atoms with Gasteiger partial charge in [-0.25, -0.2) is 4.99 Å². The molecule has 1 atom stereocenters. The van der Waals surface area contributed by atoms with Crippen molar-refractivity contribution in [2.45, 2.75) is 52.0 Å². The van der Waals surface area contributed by atoms with Crippen LogP contribution in [0.15, 0.2) is 29.3 Å². The van der Waals surface area contributed by atoms with Crippen molar-refractivity contribution in [3.05, 3.63) is 29.8 Å². The number of ether oxygens (including phenoxy) is 1. The number of guanidine groups is 1. The molecule has 3 rings (SSSR count). The lowest BCUT2D eigenvalue weighted by atomic mass is 10.1. The normalized spacial score (nSPS) is 20.4. The molecule has 2 aliphatic rings. The summed E-state index contributed by atoms with van der Waals surface area (Å²) < 4.78 is 5.75. The molecule has 0 spiro atoms. The molecule has 1 aromatic rings. The molecule has 1 heterocycles. The zero-order valence-corrected chi connectivity index (χ0v) is 17.2. The molecule has 0 radical (unpaired) electrons. The third kappa shape index (κ3) is 5.88. The molecule has 1 aromatic carbocycles. The molecule has 0 aromatic heterocycles. The average molecular weight is 387 g/mol. The van der Waals surface area contributed by atoms with Gasteiger partial charge < -0.3 is 20.3 Å². The van der Waals surface area contributed by atoms with Gasteiger partial charge in [-0.05, 0) is 45.2 Å². The highest BCUT2D eigenvalue weighted by Gasteiger charge is 2.32. The van der Waals surface area contributed by atoms with Crippen molar-refractivity contribution < 1.29 is 9.53 Å². The van der Waals surface area contributed by atoms with E-state index in [2.05, 4.69) is 29.5 Å². The summed E-state index contributed by atoms with van der Waals surface area (Å²) in [5, 5.41) is 6.78. The molecule has 1 aliphatic heterocycles. The lowest BCUT2D eigenvalue weighted by Gasteiger charge is -2.21. The summed E-state index contributed by atoms with van der Waals surface area (Å²) in [7, 11) is 0. The minimum Gasteiger partial charge on any atom is -0.492 e. The number of amides is 1. The van der Waals surface area contributed by atoms with Crippen molar-refractivity contribution in [2.75, 3.05) is 32.8 Å². The second kappa shape index (κ2) is 10.3. The van der Waals surface area contributed by atoms with Gasteiger partial charge in [-0.15, -0.1) is 0 Å². The Hall–Kier alpha value is -2.24. The maximum absolute atomic E-state index is 12.6. The van der Waals surface area contributed by atoms with Crippen LogP contribution in [0.1, 0.15) is 44.6 Å². The van der Waals surface area contributed by atoms with Gasteiger partial charge >= 0.3 is 0 Å². The van der Waals surface area contributed by atoms with Crippen molar-refractivity contribution in [3.8, 4) is 5.75 Å². The van der Waals surface area contributed by atoms with Gasteiger partial charge in [0.2, 0.25) is 5.91 Å². The van der Waals surface area contributed by atoms with Crippen molar-refractivity contribution >= 4 is 11.9 Å². The van der Waals surface area contributed by atoms with Gasteiger partial charge in [0.15, 0.2) is 5.96 Å². The first kappa shape index (κ1) is 20.5. The second-order valence-electron chi connectivity index (χ2n) is 7.82. The zero-order valence-electron chi connectivity index (χ0n) is 17.2. The van der Waals surface area contributed by atoms with Crippen LogP contribution in [0.2, 0.25) is 0 Å². The van der Waals surface area contributed by atoms with Crippen LogP contribution in [0.4, 0.5) is 0 Å². The average Bonchev–Trinajstić information content (AvgIpc) is 3.38. The number of hydrogen-bond donors (Lipinski definition) is 2. The van der Waals surface area contributed by atoms with E-state index in [0.29, 0.717) is 19.1 Å². The van der Waals surface area contributed by atoms with Crippen LogP contribution in [0, 0.1) is 12.8 Å². The van der Waals surface area contributed by atoms with E-state index in [1.54, 1.807) is 0 Å². The zero-order chi connectivity index (χ0) is 19.8. The maximum Gasteiger partial charge on any atom is 0.225 e. The standard InChI is InChI=1S/C22H34N4O2/c1-3-23-22(24-13-15-28-20-10-8-17(2)9-11-20)25-19-12-14-26(16-19)21(27)18-6-4-5-7-18/h8-11,18-19H,3-7,12-16H2,1-2H3,(H2,23,24,25). The SMILES string of the molecule is CCNC(=NCCOc1ccc(C)cc1)NC1CCN(C(=O)C2CCCC2)C1. The van der Waals surface area contributed by atoms with Gasteiger partial charge in [0.1, 0.15) is 12.4 Å². The first-order chi connectivity index (χ1) is 13.7. The number of aryl methyl sites for hydroxylation is 1. The summed E-state index contributed by atoms with van der Waals surface area (Å²) in [4.78, 5) is 19.3. The molecule has 1 amide bonds. The van der Waals surface area contributed by atoms with Crippen molar-refractivity contribution in [1.82, 2.24) is 15.5 Å². The molecular weight excluding hydrogens is 352 g/mol. The second-order valence-corrected chi connectivity index (χ2v) is 7.82. The fraction of sp³-hybridized carbons (Fsp3) is 0.636. The maximum atomic E-state index is 12.6. The molecule has 1 aliphatic carbocycles. The van der Waals surface area contributed by atoms with E-state index in [9.17, 15) is 4.79 Å². The Morgan fingerprint density at radius 1 is 1.21 bits per heavy atom. The third-order valence-electron chi connectivity index (χ3n) is 5.54. The van der Waals surface area contributed by atoms with Crippen LogP contribution >= 0.6 is 0 Å². The number of carbonyl (C=O) groups excluding carboxylic acids is 1. The molecule has 1 unspecified atom stereocenters. The van der Waals surface area contributed by atoms with E-state index in [4.69, 9.17) is 4.74 Å². The first-order valence-corrected chi connectivity index (χ1v) is 10.7. The third-order valence-corrected chi connectivity index (χ3v) is 5.54. The summed E-state index contributed by atoms with van der Waals surface area (Å²) >= 11 is 0. The number of benzene rings is 1. The van der Waals surface area contributed by atoms with Gasteiger partial charge in [0, 0.05) is 31.6 Å². The van der Waals surface area contributed by atoms with Gasteiger partial charge in [0.25, 0.3) is 0 Å². The number of nitrogens with one attached hydrogen (secondary N) is 2. The lowest BCUT2D eigenvalue weighted by molar-refractivity contribution is -0.134. The molecular formula is C22H34N4O2. The number of rotatable bonds is 7. The molecule has 1 saturated heterocycles. The Kier molecular flexibility index (Phi) is 7.57. The molecule has 154 valence electrons. The number of nitrogens with zero attached hydrogens (tertiary/aromatic N) is 2. The van der Waals surface area contributed by atoms with Gasteiger partial charge in [0.05, 0.1) is 6.54 Å². The largest absolute Gasteiger partial charge is 0.492 e. The predicted octanol–water partition coefficient (Wildman–Crippen LogP) is 2.72. The molecule has 0 bridgehead atoms. The molecule has 6 heteroatoms. The molecule has 28 heavy (non-hydrogen) atoms. The van der Waals surface area contributed by atoms with E-state index >= 15 is 0 Å². The highest BCUT2D eigenvalue weighted by Crippen LogP contribution is 2.27. The fourth-order valence-electron chi connectivity index (χ4n) is 3.98. The lowest BCUT2D eigenvalue weighted by Crippen LogP contribution is -2.45. The van der Waals surface area contributed by atoms with Crippen LogP contribution in [0.3, 0.4) is 0 Å². The van der Waals surface area contributed by atoms with Crippen LogP contribution < -0.4 is 15.4 Å². The molecule has 1 saturated carbocycles. The highest BCUT2D eigenvalue weighted by molar-refractivity contribution is 5.81.